The fourth-order valence-electron chi connectivity index (χ4n) is 2.25. The van der Waals surface area contributed by atoms with Crippen LogP contribution in [-0.4, -0.2) is 46.7 Å². The molecule has 0 atom stereocenters. The number of nitrogens with one attached hydrogen (secondary N) is 3. The average molecular weight is 391 g/mol. The molecule has 2 aromatic carbocycles. The SMILES string of the molecule is COCCNC(=O)c1ccccc1NC(=O)c1ccc(NS(C)(=O)=O)cc1. The van der Waals surface area contributed by atoms with Gasteiger partial charge in [0.25, 0.3) is 11.8 Å². The van der Waals surface area contributed by atoms with Crippen molar-refractivity contribution in [1.29, 1.82) is 0 Å². The van der Waals surface area contributed by atoms with Crippen molar-refractivity contribution in [3.05, 3.63) is 59.7 Å². The lowest BCUT2D eigenvalue weighted by atomic mass is 10.1. The minimum Gasteiger partial charge on any atom is -0.383 e. The summed E-state index contributed by atoms with van der Waals surface area (Å²) in [5.41, 5.74) is 1.38. The van der Waals surface area contributed by atoms with Crippen molar-refractivity contribution in [3.63, 3.8) is 0 Å². The summed E-state index contributed by atoms with van der Waals surface area (Å²) in [7, 11) is -1.85. The number of methoxy groups -OCH3 is 1. The summed E-state index contributed by atoms with van der Waals surface area (Å²) in [6.07, 6.45) is 1.04. The van der Waals surface area contributed by atoms with Crippen LogP contribution in [0.1, 0.15) is 20.7 Å². The van der Waals surface area contributed by atoms with E-state index in [-0.39, 0.29) is 5.91 Å². The molecule has 0 fully saturated rings. The quantitative estimate of drug-likeness (QED) is 0.593. The monoisotopic (exact) mass is 391 g/mol. The topological polar surface area (TPSA) is 114 Å². The van der Waals surface area contributed by atoms with Crippen molar-refractivity contribution >= 4 is 33.2 Å². The van der Waals surface area contributed by atoms with E-state index in [1.165, 1.54) is 31.4 Å². The van der Waals surface area contributed by atoms with Gasteiger partial charge in [-0.1, -0.05) is 12.1 Å². The highest BCUT2D eigenvalue weighted by Crippen LogP contribution is 2.17. The zero-order valence-corrected chi connectivity index (χ0v) is 15.8. The van der Waals surface area contributed by atoms with E-state index in [9.17, 15) is 18.0 Å². The zero-order chi connectivity index (χ0) is 19.9. The molecule has 0 radical (unpaired) electrons. The standard InChI is InChI=1S/C18H21N3O5S/c1-26-12-11-19-18(23)15-5-3-4-6-16(15)20-17(22)13-7-9-14(10-8-13)21-27(2,24)25/h3-10,21H,11-12H2,1-2H3,(H,19,23)(H,20,22). The van der Waals surface area contributed by atoms with E-state index in [1.807, 2.05) is 0 Å². The molecule has 0 aliphatic heterocycles. The number of hydrogen-bond acceptors (Lipinski definition) is 5. The van der Waals surface area contributed by atoms with Gasteiger partial charge in [-0.2, -0.15) is 0 Å². The summed E-state index contributed by atoms with van der Waals surface area (Å²) in [6, 6.07) is 12.6. The average Bonchev–Trinajstić information content (AvgIpc) is 2.61. The Morgan fingerprint density at radius 3 is 2.30 bits per heavy atom. The number of carbonyl (C=O) groups is 2. The number of carbonyl (C=O) groups excluding carboxylic acids is 2. The third-order valence-electron chi connectivity index (χ3n) is 3.46. The Hall–Kier alpha value is -2.91. The van der Waals surface area contributed by atoms with Gasteiger partial charge < -0.3 is 15.4 Å². The van der Waals surface area contributed by atoms with Gasteiger partial charge in [-0.3, -0.25) is 14.3 Å². The van der Waals surface area contributed by atoms with Crippen LogP contribution < -0.4 is 15.4 Å². The van der Waals surface area contributed by atoms with Gasteiger partial charge in [-0.05, 0) is 36.4 Å². The van der Waals surface area contributed by atoms with Crippen LogP contribution >= 0.6 is 0 Å². The van der Waals surface area contributed by atoms with Gasteiger partial charge in [0.05, 0.1) is 24.1 Å². The van der Waals surface area contributed by atoms with E-state index >= 15 is 0 Å². The van der Waals surface area contributed by atoms with E-state index < -0.39 is 15.9 Å². The Morgan fingerprint density at radius 1 is 1.00 bits per heavy atom. The maximum absolute atomic E-state index is 12.4. The Balaban J connectivity index is 2.10. The lowest BCUT2D eigenvalue weighted by Gasteiger charge is -2.12. The molecule has 0 aliphatic rings. The van der Waals surface area contributed by atoms with Gasteiger partial charge in [-0.15, -0.1) is 0 Å². The van der Waals surface area contributed by atoms with Crippen LogP contribution in [0.5, 0.6) is 0 Å². The predicted octanol–water partition coefficient (Wildman–Crippen LogP) is 1.69. The van der Waals surface area contributed by atoms with Crippen LogP contribution in [0.2, 0.25) is 0 Å². The first-order valence-electron chi connectivity index (χ1n) is 8.05. The van der Waals surface area contributed by atoms with Crippen molar-refractivity contribution in [1.82, 2.24) is 5.32 Å². The smallest absolute Gasteiger partial charge is 0.255 e. The van der Waals surface area contributed by atoms with Gasteiger partial charge in [0, 0.05) is 24.9 Å². The van der Waals surface area contributed by atoms with E-state index in [1.54, 1.807) is 24.3 Å². The Labute approximate surface area is 158 Å². The molecule has 0 heterocycles. The Kier molecular flexibility index (Phi) is 6.91. The number of ether oxygens (including phenoxy) is 1. The molecular formula is C18H21N3O5S. The summed E-state index contributed by atoms with van der Waals surface area (Å²) in [4.78, 5) is 24.7. The Morgan fingerprint density at radius 2 is 1.67 bits per heavy atom. The van der Waals surface area contributed by atoms with Crippen LogP contribution in [0.15, 0.2) is 48.5 Å². The molecule has 0 spiro atoms. The van der Waals surface area contributed by atoms with E-state index in [0.29, 0.717) is 35.7 Å². The van der Waals surface area contributed by atoms with Gasteiger partial charge in [0.2, 0.25) is 10.0 Å². The van der Waals surface area contributed by atoms with Crippen molar-refractivity contribution in [3.8, 4) is 0 Å². The summed E-state index contributed by atoms with van der Waals surface area (Å²) in [5.74, 6) is -0.742. The number of hydrogen-bond donors (Lipinski definition) is 3. The third-order valence-corrected chi connectivity index (χ3v) is 4.07. The first-order chi connectivity index (χ1) is 12.8. The van der Waals surface area contributed by atoms with Gasteiger partial charge in [0.15, 0.2) is 0 Å². The number of para-hydroxylation sites is 1. The molecule has 0 unspecified atom stereocenters. The normalized spacial score (nSPS) is 10.9. The number of rotatable bonds is 8. The highest BCUT2D eigenvalue weighted by Gasteiger charge is 2.14. The molecule has 2 aromatic rings. The molecule has 27 heavy (non-hydrogen) atoms. The summed E-state index contributed by atoms with van der Waals surface area (Å²) < 4.78 is 29.7. The maximum Gasteiger partial charge on any atom is 0.255 e. The molecule has 2 amide bonds. The molecule has 0 aliphatic carbocycles. The minimum absolute atomic E-state index is 0.323. The second-order valence-electron chi connectivity index (χ2n) is 5.70. The molecule has 2 rings (SSSR count). The Bertz CT molecular complexity index is 911. The van der Waals surface area contributed by atoms with E-state index in [0.717, 1.165) is 6.26 Å². The largest absolute Gasteiger partial charge is 0.383 e. The lowest BCUT2D eigenvalue weighted by molar-refractivity contribution is 0.0938. The van der Waals surface area contributed by atoms with Crippen LogP contribution in [0.3, 0.4) is 0 Å². The predicted molar refractivity (Wildman–Crippen MR) is 104 cm³/mol. The molecule has 0 saturated heterocycles. The van der Waals surface area contributed by atoms with Crippen molar-refractivity contribution in [2.24, 2.45) is 0 Å². The molecule has 0 aromatic heterocycles. The molecule has 9 heteroatoms. The van der Waals surface area contributed by atoms with Crippen molar-refractivity contribution < 1.29 is 22.7 Å². The highest BCUT2D eigenvalue weighted by atomic mass is 32.2. The van der Waals surface area contributed by atoms with Crippen LogP contribution in [0.4, 0.5) is 11.4 Å². The fraction of sp³-hybridized carbons (Fsp3) is 0.222. The second kappa shape index (κ2) is 9.15. The number of sulfonamides is 1. The minimum atomic E-state index is -3.39. The molecule has 144 valence electrons. The summed E-state index contributed by atoms with van der Waals surface area (Å²) >= 11 is 0. The van der Waals surface area contributed by atoms with Crippen molar-refractivity contribution in [2.75, 3.05) is 36.6 Å². The zero-order valence-electron chi connectivity index (χ0n) is 15.0. The van der Waals surface area contributed by atoms with Crippen LogP contribution in [-0.2, 0) is 14.8 Å². The summed E-state index contributed by atoms with van der Waals surface area (Å²) in [6.45, 7) is 0.737. The van der Waals surface area contributed by atoms with E-state index in [2.05, 4.69) is 15.4 Å². The second-order valence-corrected chi connectivity index (χ2v) is 7.45. The first-order valence-corrected chi connectivity index (χ1v) is 9.94. The summed E-state index contributed by atoms with van der Waals surface area (Å²) in [5, 5.41) is 5.40. The maximum atomic E-state index is 12.4. The van der Waals surface area contributed by atoms with Crippen molar-refractivity contribution in [2.45, 2.75) is 0 Å². The van der Waals surface area contributed by atoms with Gasteiger partial charge in [0.1, 0.15) is 0 Å². The lowest BCUT2D eigenvalue weighted by Crippen LogP contribution is -2.28. The van der Waals surface area contributed by atoms with E-state index in [4.69, 9.17) is 4.74 Å². The van der Waals surface area contributed by atoms with Crippen LogP contribution in [0.25, 0.3) is 0 Å². The van der Waals surface area contributed by atoms with Crippen LogP contribution in [0, 0.1) is 0 Å². The number of benzene rings is 2. The highest BCUT2D eigenvalue weighted by molar-refractivity contribution is 7.92. The molecular weight excluding hydrogens is 370 g/mol. The molecule has 3 N–H and O–H groups in total. The fourth-order valence-corrected chi connectivity index (χ4v) is 2.81. The van der Waals surface area contributed by atoms with Gasteiger partial charge >= 0.3 is 0 Å². The number of amides is 2. The first kappa shape index (κ1) is 20.4. The third kappa shape index (κ3) is 6.39. The molecule has 8 nitrogen and oxygen atoms in total. The van der Waals surface area contributed by atoms with Gasteiger partial charge in [-0.25, -0.2) is 8.42 Å². The molecule has 0 saturated carbocycles. The number of anilines is 2. The molecule has 0 bridgehead atoms.